The molecule has 5 aliphatic rings. The fraction of sp³-hybridized carbons (Fsp3) is 0.765. The highest BCUT2D eigenvalue weighted by atomic mass is 16.1. The van der Waals surface area contributed by atoms with Crippen molar-refractivity contribution in [2.24, 2.45) is 50.2 Å². The lowest BCUT2D eigenvalue weighted by Gasteiger charge is -2.69. The molecule has 0 radical (unpaired) electrons. The molecule has 5 aliphatic carbocycles. The molecule has 0 amide bonds. The van der Waals surface area contributed by atoms with Crippen LogP contribution in [0.25, 0.3) is 4.85 Å². The van der Waals surface area contributed by atoms with Gasteiger partial charge in [0.25, 0.3) is 0 Å². The van der Waals surface area contributed by atoms with Gasteiger partial charge in [-0.25, -0.2) is 4.85 Å². The van der Waals surface area contributed by atoms with E-state index in [0.717, 1.165) is 56.9 Å². The SMILES string of the molecule is [C-]#[N+]C1=C[C@]2(C)C3=CC(=O)[C@@H]4C5CC(C)(C)CC[C@]5(C(=O)CCC)CC[C@@]4(C)[C@]3(C)CC[C@H]2C(C)(C)C1=O. The average molecular weight is 518 g/mol. The van der Waals surface area contributed by atoms with Crippen LogP contribution in [0, 0.1) is 56.8 Å². The fourth-order valence-electron chi connectivity index (χ4n) is 10.6. The van der Waals surface area contributed by atoms with Crippen LogP contribution in [-0.4, -0.2) is 17.3 Å². The Kier molecular flexibility index (Phi) is 5.98. The van der Waals surface area contributed by atoms with Gasteiger partial charge in [0, 0.05) is 28.6 Å². The molecule has 5 rings (SSSR count). The topological polar surface area (TPSA) is 55.6 Å². The van der Waals surface area contributed by atoms with Gasteiger partial charge in [-0.05, 0) is 85.5 Å². The van der Waals surface area contributed by atoms with E-state index in [2.05, 4.69) is 46.4 Å². The predicted octanol–water partition coefficient (Wildman–Crippen LogP) is 7.93. The summed E-state index contributed by atoms with van der Waals surface area (Å²) in [5, 5.41) is 0. The van der Waals surface area contributed by atoms with Crippen molar-refractivity contribution in [3.63, 3.8) is 0 Å². The molecule has 0 bridgehead atoms. The lowest BCUT2D eigenvalue weighted by atomic mass is 9.34. The summed E-state index contributed by atoms with van der Waals surface area (Å²) in [5.41, 5.74) is -0.527. The monoisotopic (exact) mass is 517 g/mol. The smallest absolute Gasteiger partial charge is 0.226 e. The first-order valence-corrected chi connectivity index (χ1v) is 15.0. The highest BCUT2D eigenvalue weighted by molar-refractivity contribution is 6.03. The van der Waals surface area contributed by atoms with Crippen LogP contribution < -0.4 is 0 Å². The largest absolute Gasteiger partial charge is 0.307 e. The van der Waals surface area contributed by atoms with E-state index in [1.165, 1.54) is 0 Å². The molecule has 0 spiro atoms. The third kappa shape index (κ3) is 3.29. The van der Waals surface area contributed by atoms with Crippen molar-refractivity contribution in [3.05, 3.63) is 34.8 Å². The highest BCUT2D eigenvalue weighted by Gasteiger charge is 2.70. The molecule has 0 N–H and O–H groups in total. The Morgan fingerprint density at radius 3 is 2.29 bits per heavy atom. The van der Waals surface area contributed by atoms with Crippen molar-refractivity contribution in [1.82, 2.24) is 0 Å². The van der Waals surface area contributed by atoms with Crippen LogP contribution in [0.1, 0.15) is 113 Å². The summed E-state index contributed by atoms with van der Waals surface area (Å²) >= 11 is 0. The first kappa shape index (κ1) is 27.5. The van der Waals surface area contributed by atoms with E-state index < -0.39 is 10.8 Å². The van der Waals surface area contributed by atoms with Gasteiger partial charge in [0.05, 0.1) is 6.57 Å². The molecule has 38 heavy (non-hydrogen) atoms. The zero-order valence-electron chi connectivity index (χ0n) is 24.9. The summed E-state index contributed by atoms with van der Waals surface area (Å²) in [6.45, 7) is 25.3. The Morgan fingerprint density at radius 2 is 1.66 bits per heavy atom. The third-order valence-corrected chi connectivity index (χ3v) is 12.9. The first-order valence-electron chi connectivity index (χ1n) is 15.0. The van der Waals surface area contributed by atoms with E-state index in [1.54, 1.807) is 0 Å². The van der Waals surface area contributed by atoms with E-state index in [4.69, 9.17) is 6.57 Å². The normalized spacial score (nSPS) is 44.9. The molecule has 4 heteroatoms. The van der Waals surface area contributed by atoms with Gasteiger partial charge < -0.3 is 4.79 Å². The number of Topliss-reactive ketones (excluding diaryl/α,β-unsaturated/α-hetero) is 2. The van der Waals surface area contributed by atoms with Crippen molar-refractivity contribution >= 4 is 17.3 Å². The summed E-state index contributed by atoms with van der Waals surface area (Å²) in [4.78, 5) is 45.2. The molecule has 0 aromatic heterocycles. The summed E-state index contributed by atoms with van der Waals surface area (Å²) in [7, 11) is 0. The van der Waals surface area contributed by atoms with Gasteiger partial charge in [0.15, 0.2) is 11.6 Å². The Hall–Kier alpha value is -2.02. The minimum absolute atomic E-state index is 0.0581. The van der Waals surface area contributed by atoms with E-state index in [1.807, 2.05) is 26.0 Å². The first-order chi connectivity index (χ1) is 17.5. The Morgan fingerprint density at radius 1 is 1.00 bits per heavy atom. The van der Waals surface area contributed by atoms with Gasteiger partial charge in [-0.15, -0.1) is 0 Å². The van der Waals surface area contributed by atoms with E-state index in [-0.39, 0.29) is 56.7 Å². The average Bonchev–Trinajstić information content (AvgIpc) is 2.82. The molecule has 1 unspecified atom stereocenters. The maximum atomic E-state index is 14.5. The second-order valence-electron chi connectivity index (χ2n) is 15.6. The van der Waals surface area contributed by atoms with E-state index in [9.17, 15) is 14.4 Å². The molecule has 0 saturated heterocycles. The molecule has 206 valence electrons. The standard InChI is InChI=1S/C34H47NO3/c1-10-11-26(37)34-16-14-29(2,3)19-21(34)27-23(36)18-25-31(6)20-22(35-9)28(38)30(4,5)24(31)12-13-32(25,7)33(27,8)15-17-34/h18,20-21,24,27H,10-17,19H2,1-8H3/t21?,24-,27-,31-,32+,33+,34-/m0/s1. The number of fused-ring (bicyclic) bond motifs is 7. The zero-order chi connectivity index (χ0) is 28.1. The molecule has 4 nitrogen and oxygen atoms in total. The van der Waals surface area contributed by atoms with Crippen LogP contribution in [-0.2, 0) is 14.4 Å². The summed E-state index contributed by atoms with van der Waals surface area (Å²) in [6, 6.07) is 0. The summed E-state index contributed by atoms with van der Waals surface area (Å²) < 4.78 is 0. The number of carbonyl (C=O) groups excluding carboxylic acids is 3. The van der Waals surface area contributed by atoms with Gasteiger partial charge in [-0.1, -0.05) is 67.0 Å². The van der Waals surface area contributed by atoms with E-state index >= 15 is 0 Å². The van der Waals surface area contributed by atoms with Crippen LogP contribution in [0.2, 0.25) is 0 Å². The third-order valence-electron chi connectivity index (χ3n) is 12.9. The highest BCUT2D eigenvalue weighted by Crippen LogP contribution is 2.74. The molecule has 0 aromatic rings. The number of rotatable bonds is 3. The Bertz CT molecular complexity index is 1210. The Balaban J connectivity index is 1.69. The molecular weight excluding hydrogens is 470 g/mol. The van der Waals surface area contributed by atoms with Gasteiger partial charge in [0.2, 0.25) is 5.70 Å². The summed E-state index contributed by atoms with van der Waals surface area (Å²) in [5.74, 6) is 0.492. The Labute approximate surface area is 229 Å². The molecule has 7 atom stereocenters. The maximum absolute atomic E-state index is 14.5. The number of allylic oxidation sites excluding steroid dienone is 4. The molecule has 3 fully saturated rings. The van der Waals surface area contributed by atoms with Gasteiger partial charge in [-0.2, -0.15) is 0 Å². The van der Waals surface area contributed by atoms with Crippen LogP contribution in [0.3, 0.4) is 0 Å². The van der Waals surface area contributed by atoms with Crippen LogP contribution >= 0.6 is 0 Å². The minimum atomic E-state index is -0.645. The number of hydrogen-bond donors (Lipinski definition) is 0. The van der Waals surface area contributed by atoms with Crippen molar-refractivity contribution in [1.29, 1.82) is 0 Å². The number of carbonyl (C=O) groups is 3. The lowest BCUT2D eigenvalue weighted by Crippen LogP contribution is -2.65. The quantitative estimate of drug-likeness (QED) is 0.357. The van der Waals surface area contributed by atoms with Crippen LogP contribution in [0.4, 0.5) is 0 Å². The van der Waals surface area contributed by atoms with Gasteiger partial charge in [0.1, 0.15) is 5.78 Å². The number of hydrogen-bond acceptors (Lipinski definition) is 3. The second-order valence-corrected chi connectivity index (χ2v) is 15.6. The van der Waals surface area contributed by atoms with Crippen LogP contribution in [0.5, 0.6) is 0 Å². The second kappa shape index (κ2) is 8.25. The number of ketones is 3. The molecule has 0 aromatic carbocycles. The number of nitrogens with zero attached hydrogens (tertiary/aromatic N) is 1. The van der Waals surface area contributed by atoms with Crippen molar-refractivity contribution in [2.45, 2.75) is 113 Å². The minimum Gasteiger partial charge on any atom is -0.307 e. The molecule has 0 aliphatic heterocycles. The van der Waals surface area contributed by atoms with Crippen molar-refractivity contribution in [2.75, 3.05) is 0 Å². The maximum Gasteiger partial charge on any atom is 0.226 e. The molecule has 3 saturated carbocycles. The van der Waals surface area contributed by atoms with Crippen molar-refractivity contribution in [3.8, 4) is 0 Å². The van der Waals surface area contributed by atoms with E-state index in [0.29, 0.717) is 12.2 Å². The molecular formula is C34H47NO3. The van der Waals surface area contributed by atoms with Crippen LogP contribution in [0.15, 0.2) is 23.4 Å². The summed E-state index contributed by atoms with van der Waals surface area (Å²) in [6.07, 6.45) is 11.8. The predicted molar refractivity (Wildman–Crippen MR) is 150 cm³/mol. The fourth-order valence-corrected chi connectivity index (χ4v) is 10.6. The zero-order valence-corrected chi connectivity index (χ0v) is 24.9. The molecule has 0 heterocycles. The van der Waals surface area contributed by atoms with Crippen molar-refractivity contribution < 1.29 is 14.4 Å². The lowest BCUT2D eigenvalue weighted by molar-refractivity contribution is -0.177. The van der Waals surface area contributed by atoms with Gasteiger partial charge in [-0.3, -0.25) is 9.59 Å². The van der Waals surface area contributed by atoms with Gasteiger partial charge >= 0.3 is 0 Å².